The largest absolute Gasteiger partial charge is 0.363 e. The van der Waals surface area contributed by atoms with Gasteiger partial charge in [0, 0.05) is 24.5 Å². The smallest absolute Gasteiger partial charge is 0.290 e. The van der Waals surface area contributed by atoms with Crippen molar-refractivity contribution >= 4 is 5.82 Å². The van der Waals surface area contributed by atoms with Crippen LogP contribution in [0.5, 0.6) is 0 Å². The number of rotatable bonds is 2. The first kappa shape index (κ1) is 8.25. The van der Waals surface area contributed by atoms with Gasteiger partial charge < -0.3 is 16.0 Å². The van der Waals surface area contributed by atoms with Crippen molar-refractivity contribution in [2.24, 2.45) is 5.73 Å². The zero-order valence-electron chi connectivity index (χ0n) is 7.16. The van der Waals surface area contributed by atoms with E-state index in [0.717, 1.165) is 12.8 Å². The molecule has 1 aromatic rings. The molecule has 1 aromatic heterocycles. The van der Waals surface area contributed by atoms with Gasteiger partial charge in [0.2, 0.25) is 0 Å². The Balaban J connectivity index is 2.02. The van der Waals surface area contributed by atoms with E-state index >= 15 is 0 Å². The Kier molecular flexibility index (Phi) is 2.02. The summed E-state index contributed by atoms with van der Waals surface area (Å²) in [5.41, 5.74) is 5.44. The third kappa shape index (κ3) is 1.70. The van der Waals surface area contributed by atoms with Crippen molar-refractivity contribution in [1.82, 2.24) is 9.97 Å². The second-order valence-electron chi connectivity index (χ2n) is 3.34. The fourth-order valence-electron chi connectivity index (χ4n) is 1.43. The van der Waals surface area contributed by atoms with Crippen LogP contribution in [0.2, 0.25) is 0 Å². The number of H-pyrrole nitrogens is 1. The van der Waals surface area contributed by atoms with Crippen LogP contribution in [0.3, 0.4) is 0 Å². The molecule has 0 aliphatic heterocycles. The van der Waals surface area contributed by atoms with E-state index in [2.05, 4.69) is 15.3 Å². The molecule has 4 N–H and O–H groups in total. The number of anilines is 1. The van der Waals surface area contributed by atoms with Gasteiger partial charge in [-0.15, -0.1) is 0 Å². The molecule has 0 radical (unpaired) electrons. The van der Waals surface area contributed by atoms with Gasteiger partial charge >= 0.3 is 0 Å². The number of hydrogen-bond donors (Lipinski definition) is 3. The SMILES string of the molecule is NC1CC(Nc2ncc[nH]c2=O)C1. The Morgan fingerprint density at radius 3 is 3.00 bits per heavy atom. The second kappa shape index (κ2) is 3.18. The van der Waals surface area contributed by atoms with Gasteiger partial charge in [0.25, 0.3) is 5.56 Å². The summed E-state index contributed by atoms with van der Waals surface area (Å²) in [5, 5.41) is 3.04. The summed E-state index contributed by atoms with van der Waals surface area (Å²) in [6.07, 6.45) is 4.90. The maximum atomic E-state index is 11.2. The summed E-state index contributed by atoms with van der Waals surface area (Å²) in [6.45, 7) is 0. The molecule has 1 aliphatic carbocycles. The van der Waals surface area contributed by atoms with Gasteiger partial charge in [0.1, 0.15) is 0 Å². The van der Waals surface area contributed by atoms with Crippen LogP contribution in [0, 0.1) is 0 Å². The minimum atomic E-state index is -0.178. The van der Waals surface area contributed by atoms with Gasteiger partial charge in [-0.2, -0.15) is 0 Å². The third-order valence-electron chi connectivity index (χ3n) is 2.22. The molecular weight excluding hydrogens is 168 g/mol. The van der Waals surface area contributed by atoms with Crippen LogP contribution in [0.25, 0.3) is 0 Å². The van der Waals surface area contributed by atoms with Crippen molar-refractivity contribution in [2.75, 3.05) is 5.32 Å². The van der Waals surface area contributed by atoms with Gasteiger partial charge in [-0.25, -0.2) is 4.98 Å². The van der Waals surface area contributed by atoms with Gasteiger partial charge in [0.05, 0.1) is 0 Å². The highest BCUT2D eigenvalue weighted by molar-refractivity contribution is 5.32. The quantitative estimate of drug-likeness (QED) is 0.582. The van der Waals surface area contributed by atoms with Crippen molar-refractivity contribution < 1.29 is 0 Å². The van der Waals surface area contributed by atoms with Gasteiger partial charge in [0.15, 0.2) is 5.82 Å². The normalized spacial score (nSPS) is 26.5. The van der Waals surface area contributed by atoms with Crippen molar-refractivity contribution in [2.45, 2.75) is 24.9 Å². The Bertz CT molecular complexity index is 342. The fourth-order valence-corrected chi connectivity index (χ4v) is 1.43. The van der Waals surface area contributed by atoms with E-state index in [-0.39, 0.29) is 11.6 Å². The Labute approximate surface area is 75.4 Å². The third-order valence-corrected chi connectivity index (χ3v) is 2.22. The molecule has 0 atom stereocenters. The first-order valence-electron chi connectivity index (χ1n) is 4.31. The highest BCUT2D eigenvalue weighted by Crippen LogP contribution is 2.19. The van der Waals surface area contributed by atoms with Crippen LogP contribution >= 0.6 is 0 Å². The maximum Gasteiger partial charge on any atom is 0.290 e. The van der Waals surface area contributed by atoms with Crippen LogP contribution in [0.4, 0.5) is 5.82 Å². The molecular formula is C8H12N4O. The van der Waals surface area contributed by atoms with E-state index in [1.54, 1.807) is 6.20 Å². The van der Waals surface area contributed by atoms with E-state index in [0.29, 0.717) is 11.9 Å². The fraction of sp³-hybridized carbons (Fsp3) is 0.500. The molecule has 0 aromatic carbocycles. The molecule has 0 saturated heterocycles. The molecule has 13 heavy (non-hydrogen) atoms. The monoisotopic (exact) mass is 180 g/mol. The summed E-state index contributed by atoms with van der Waals surface area (Å²) in [7, 11) is 0. The highest BCUT2D eigenvalue weighted by Gasteiger charge is 2.26. The molecule has 5 heteroatoms. The van der Waals surface area contributed by atoms with Crippen LogP contribution in [0.1, 0.15) is 12.8 Å². The molecule has 1 saturated carbocycles. The van der Waals surface area contributed by atoms with Crippen molar-refractivity contribution in [3.05, 3.63) is 22.7 Å². The predicted octanol–water partition coefficient (Wildman–Crippen LogP) is -0.329. The number of aromatic nitrogens is 2. The number of aromatic amines is 1. The molecule has 5 nitrogen and oxygen atoms in total. The second-order valence-corrected chi connectivity index (χ2v) is 3.34. The number of hydrogen-bond acceptors (Lipinski definition) is 4. The molecule has 70 valence electrons. The van der Waals surface area contributed by atoms with E-state index in [1.165, 1.54) is 6.20 Å². The number of nitrogens with two attached hydrogens (primary N) is 1. The van der Waals surface area contributed by atoms with E-state index in [1.807, 2.05) is 0 Å². The number of nitrogens with one attached hydrogen (secondary N) is 2. The van der Waals surface area contributed by atoms with E-state index in [4.69, 9.17) is 5.73 Å². The van der Waals surface area contributed by atoms with E-state index < -0.39 is 0 Å². The number of nitrogens with zero attached hydrogens (tertiary/aromatic N) is 1. The average molecular weight is 180 g/mol. The molecule has 0 unspecified atom stereocenters. The van der Waals surface area contributed by atoms with Crippen LogP contribution in [-0.2, 0) is 0 Å². The zero-order valence-corrected chi connectivity index (χ0v) is 7.16. The average Bonchev–Trinajstić information content (AvgIpc) is 2.06. The highest BCUT2D eigenvalue weighted by atomic mass is 16.1. The summed E-state index contributed by atoms with van der Waals surface area (Å²) in [4.78, 5) is 17.6. The lowest BCUT2D eigenvalue weighted by Crippen LogP contribution is -2.45. The molecule has 0 bridgehead atoms. The van der Waals surface area contributed by atoms with Gasteiger partial charge in [-0.05, 0) is 12.8 Å². The summed E-state index contributed by atoms with van der Waals surface area (Å²) >= 11 is 0. The van der Waals surface area contributed by atoms with Crippen molar-refractivity contribution in [1.29, 1.82) is 0 Å². The topological polar surface area (TPSA) is 83.8 Å². The van der Waals surface area contributed by atoms with Crippen LogP contribution in [-0.4, -0.2) is 22.1 Å². The minimum Gasteiger partial charge on any atom is -0.363 e. The summed E-state index contributed by atoms with van der Waals surface area (Å²) < 4.78 is 0. The lowest BCUT2D eigenvalue weighted by atomic mass is 9.88. The summed E-state index contributed by atoms with van der Waals surface area (Å²) in [6, 6.07) is 0.589. The molecule has 1 heterocycles. The Morgan fingerprint density at radius 2 is 2.38 bits per heavy atom. The predicted molar refractivity (Wildman–Crippen MR) is 49.5 cm³/mol. The lowest BCUT2D eigenvalue weighted by molar-refractivity contribution is 0.372. The molecule has 0 spiro atoms. The molecule has 1 fully saturated rings. The van der Waals surface area contributed by atoms with Crippen molar-refractivity contribution in [3.8, 4) is 0 Å². The minimum absolute atomic E-state index is 0.178. The first-order chi connectivity index (χ1) is 6.25. The maximum absolute atomic E-state index is 11.2. The Morgan fingerprint density at radius 1 is 1.62 bits per heavy atom. The van der Waals surface area contributed by atoms with Gasteiger partial charge in [-0.1, -0.05) is 0 Å². The lowest BCUT2D eigenvalue weighted by Gasteiger charge is -2.32. The van der Waals surface area contributed by atoms with Crippen LogP contribution in [0.15, 0.2) is 17.2 Å². The molecule has 1 aliphatic rings. The molecule has 2 rings (SSSR count). The summed E-state index contributed by atoms with van der Waals surface area (Å²) in [5.74, 6) is 0.388. The standard InChI is InChI=1S/C8H12N4O/c9-5-3-6(4-5)12-7-8(13)11-2-1-10-7/h1-2,5-6H,3-4,9H2,(H,10,12)(H,11,13). The van der Waals surface area contributed by atoms with Crippen LogP contribution < -0.4 is 16.6 Å². The van der Waals surface area contributed by atoms with Crippen molar-refractivity contribution in [3.63, 3.8) is 0 Å². The zero-order chi connectivity index (χ0) is 9.26. The molecule has 0 amide bonds. The first-order valence-corrected chi connectivity index (χ1v) is 4.31. The Hall–Kier alpha value is -1.36. The van der Waals surface area contributed by atoms with Gasteiger partial charge in [-0.3, -0.25) is 4.79 Å². The van der Waals surface area contributed by atoms with E-state index in [9.17, 15) is 4.79 Å².